The lowest BCUT2D eigenvalue weighted by Gasteiger charge is -1.97. The summed E-state index contributed by atoms with van der Waals surface area (Å²) in [7, 11) is 0. The van der Waals surface area contributed by atoms with Crippen LogP contribution in [0.2, 0.25) is 0 Å². The summed E-state index contributed by atoms with van der Waals surface area (Å²) in [6.45, 7) is 2.25. The Bertz CT molecular complexity index is 323. The summed E-state index contributed by atoms with van der Waals surface area (Å²) < 4.78 is 4.98. The number of ether oxygens (including phenoxy) is 1. The molecule has 1 heterocycles. The highest BCUT2D eigenvalue weighted by atomic mass is 32.1. The van der Waals surface area contributed by atoms with Crippen LogP contribution in [0.15, 0.2) is 41.8 Å². The molecule has 0 bridgehead atoms. The van der Waals surface area contributed by atoms with Gasteiger partial charge in [-0.2, -0.15) is 0 Å². The molecule has 0 aliphatic rings. The van der Waals surface area contributed by atoms with E-state index in [2.05, 4.69) is 0 Å². The zero-order chi connectivity index (χ0) is 10.2. The third-order valence-electron chi connectivity index (χ3n) is 1.47. The van der Waals surface area contributed by atoms with Crippen molar-refractivity contribution in [2.24, 2.45) is 0 Å². The van der Waals surface area contributed by atoms with Crippen molar-refractivity contribution in [3.05, 3.63) is 46.7 Å². The van der Waals surface area contributed by atoms with Crippen LogP contribution < -0.4 is 0 Å². The molecule has 74 valence electrons. The van der Waals surface area contributed by atoms with Gasteiger partial charge in [-0.1, -0.05) is 24.3 Å². The lowest BCUT2D eigenvalue weighted by Crippen LogP contribution is -1.98. The van der Waals surface area contributed by atoms with E-state index >= 15 is 0 Å². The lowest BCUT2D eigenvalue weighted by atomic mass is 10.4. The van der Waals surface area contributed by atoms with Crippen molar-refractivity contribution >= 4 is 17.3 Å². The summed E-state index contributed by atoms with van der Waals surface area (Å²) >= 11 is 1.58. The van der Waals surface area contributed by atoms with Gasteiger partial charge in [0.2, 0.25) is 0 Å². The molecule has 0 fully saturated rings. The van der Waals surface area contributed by atoms with E-state index in [-0.39, 0.29) is 5.97 Å². The maximum absolute atomic E-state index is 11.1. The Balaban J connectivity index is 2.28. The van der Waals surface area contributed by atoms with E-state index in [1.807, 2.05) is 30.5 Å². The number of esters is 1. The minimum absolute atomic E-state index is 0.309. The zero-order valence-corrected chi connectivity index (χ0v) is 8.79. The summed E-state index contributed by atoms with van der Waals surface area (Å²) in [6.07, 6.45) is 6.71. The number of carbonyl (C=O) groups excluding carboxylic acids is 1. The summed E-state index contributed by atoms with van der Waals surface area (Å²) in [5.41, 5.74) is 0. The normalized spacial score (nSPS) is 11.2. The smallest absolute Gasteiger partial charge is 0.331 e. The van der Waals surface area contributed by atoms with Gasteiger partial charge in [0.15, 0.2) is 0 Å². The summed E-state index contributed by atoms with van der Waals surface area (Å²) in [5.74, 6) is -0.309. The Morgan fingerprint density at radius 3 is 3.07 bits per heavy atom. The van der Waals surface area contributed by atoms with Crippen molar-refractivity contribution in [1.29, 1.82) is 0 Å². The molecule has 0 saturated heterocycles. The molecule has 1 aromatic rings. The molecule has 0 aliphatic carbocycles. The van der Waals surface area contributed by atoms with Gasteiger partial charge in [0, 0.05) is 11.0 Å². The first kappa shape index (κ1) is 10.7. The Labute approximate surface area is 87.5 Å². The van der Waals surface area contributed by atoms with Gasteiger partial charge in [-0.25, -0.2) is 4.79 Å². The van der Waals surface area contributed by atoms with Gasteiger partial charge in [0.25, 0.3) is 0 Å². The molecule has 0 spiro atoms. The Kier molecular flexibility index (Phi) is 4.72. The molecular weight excluding hydrogens is 196 g/mol. The predicted octanol–water partition coefficient (Wildman–Crippen LogP) is 2.92. The predicted molar refractivity (Wildman–Crippen MR) is 58.1 cm³/mol. The average Bonchev–Trinajstić information content (AvgIpc) is 2.68. The molecule has 1 rings (SSSR count). The van der Waals surface area contributed by atoms with Gasteiger partial charge in [-0.15, -0.1) is 11.3 Å². The number of thiophene rings is 1. The molecule has 1 aromatic heterocycles. The highest BCUT2D eigenvalue weighted by molar-refractivity contribution is 7.09. The molecule has 14 heavy (non-hydrogen) atoms. The van der Waals surface area contributed by atoms with Crippen LogP contribution in [0.25, 0.3) is 0 Å². The van der Waals surface area contributed by atoms with Gasteiger partial charge in [0.05, 0.1) is 0 Å². The second kappa shape index (κ2) is 6.16. The Hall–Kier alpha value is -1.35. The molecule has 2 nitrogen and oxygen atoms in total. The van der Waals surface area contributed by atoms with Gasteiger partial charge < -0.3 is 4.74 Å². The van der Waals surface area contributed by atoms with E-state index in [0.717, 1.165) is 4.88 Å². The van der Waals surface area contributed by atoms with E-state index < -0.39 is 0 Å². The first-order valence-corrected chi connectivity index (χ1v) is 5.19. The van der Waals surface area contributed by atoms with Gasteiger partial charge in [0.1, 0.15) is 6.61 Å². The van der Waals surface area contributed by atoms with Crippen molar-refractivity contribution < 1.29 is 9.53 Å². The topological polar surface area (TPSA) is 26.3 Å². The molecule has 0 unspecified atom stereocenters. The van der Waals surface area contributed by atoms with Crippen LogP contribution in [-0.2, 0) is 16.1 Å². The van der Waals surface area contributed by atoms with Crippen LogP contribution in [0.4, 0.5) is 0 Å². The molecular formula is C11H12O2S. The highest BCUT2D eigenvalue weighted by Gasteiger charge is 1.97. The monoisotopic (exact) mass is 208 g/mol. The maximum Gasteiger partial charge on any atom is 0.331 e. The molecule has 0 atom stereocenters. The van der Waals surface area contributed by atoms with Gasteiger partial charge in [-0.3, -0.25) is 0 Å². The average molecular weight is 208 g/mol. The second-order valence-electron chi connectivity index (χ2n) is 2.57. The Morgan fingerprint density at radius 1 is 1.57 bits per heavy atom. The number of carbonyl (C=O) groups is 1. The fourth-order valence-electron chi connectivity index (χ4n) is 0.830. The molecule has 0 amide bonds. The maximum atomic E-state index is 11.1. The highest BCUT2D eigenvalue weighted by Crippen LogP contribution is 2.09. The van der Waals surface area contributed by atoms with Crippen molar-refractivity contribution in [2.45, 2.75) is 13.5 Å². The molecule has 0 aromatic carbocycles. The third kappa shape index (κ3) is 4.05. The molecule has 0 radical (unpaired) electrons. The third-order valence-corrected chi connectivity index (χ3v) is 2.32. The first-order valence-electron chi connectivity index (χ1n) is 4.31. The minimum Gasteiger partial charge on any atom is -0.457 e. The van der Waals surface area contributed by atoms with E-state index in [9.17, 15) is 4.79 Å². The van der Waals surface area contributed by atoms with Crippen LogP contribution in [0.3, 0.4) is 0 Å². The summed E-state index contributed by atoms with van der Waals surface area (Å²) in [6, 6.07) is 3.87. The van der Waals surface area contributed by atoms with Gasteiger partial charge in [-0.05, 0) is 18.4 Å². The second-order valence-corrected chi connectivity index (χ2v) is 3.60. The number of rotatable bonds is 4. The van der Waals surface area contributed by atoms with Crippen molar-refractivity contribution in [2.75, 3.05) is 0 Å². The standard InChI is InChI=1S/C11H12O2S/c1-2-3-4-7-11(12)13-9-10-6-5-8-14-10/h2-8H,9H2,1H3. The van der Waals surface area contributed by atoms with Crippen LogP contribution in [0.5, 0.6) is 0 Å². The van der Waals surface area contributed by atoms with Crippen LogP contribution >= 0.6 is 11.3 Å². The largest absolute Gasteiger partial charge is 0.457 e. The molecule has 3 heteroatoms. The van der Waals surface area contributed by atoms with E-state index in [0.29, 0.717) is 6.61 Å². The van der Waals surface area contributed by atoms with Crippen molar-refractivity contribution in [3.8, 4) is 0 Å². The number of hydrogen-bond donors (Lipinski definition) is 0. The summed E-state index contributed by atoms with van der Waals surface area (Å²) in [5, 5.41) is 1.96. The molecule has 0 saturated carbocycles. The van der Waals surface area contributed by atoms with E-state index in [1.165, 1.54) is 6.08 Å². The van der Waals surface area contributed by atoms with E-state index in [1.54, 1.807) is 23.5 Å². The van der Waals surface area contributed by atoms with Crippen molar-refractivity contribution in [1.82, 2.24) is 0 Å². The fourth-order valence-corrected chi connectivity index (χ4v) is 1.45. The molecule has 0 N–H and O–H groups in total. The van der Waals surface area contributed by atoms with Crippen LogP contribution in [0.1, 0.15) is 11.8 Å². The summed E-state index contributed by atoms with van der Waals surface area (Å²) in [4.78, 5) is 12.1. The lowest BCUT2D eigenvalue weighted by molar-refractivity contribution is -0.138. The fraction of sp³-hybridized carbons (Fsp3) is 0.182. The number of allylic oxidation sites excluding steroid dienone is 3. The zero-order valence-electron chi connectivity index (χ0n) is 7.97. The Morgan fingerprint density at radius 2 is 2.43 bits per heavy atom. The van der Waals surface area contributed by atoms with Crippen LogP contribution in [0, 0.1) is 0 Å². The first-order chi connectivity index (χ1) is 6.83. The van der Waals surface area contributed by atoms with E-state index in [4.69, 9.17) is 4.74 Å². The van der Waals surface area contributed by atoms with Crippen molar-refractivity contribution in [3.63, 3.8) is 0 Å². The quantitative estimate of drug-likeness (QED) is 0.432. The molecule has 0 aliphatic heterocycles. The SMILES string of the molecule is CC=CC=CC(=O)OCc1cccs1. The van der Waals surface area contributed by atoms with Gasteiger partial charge >= 0.3 is 5.97 Å². The minimum atomic E-state index is -0.309. The van der Waals surface area contributed by atoms with Crippen LogP contribution in [-0.4, -0.2) is 5.97 Å². The number of hydrogen-bond acceptors (Lipinski definition) is 3.